The number of carbonyl (C=O) groups is 1. The topological polar surface area (TPSA) is 90.7 Å². The first-order chi connectivity index (χ1) is 11.0. The lowest BCUT2D eigenvalue weighted by Gasteiger charge is -2.14. The largest absolute Gasteiger partial charge is 0.506 e. The predicted molar refractivity (Wildman–Crippen MR) is 92.7 cm³/mol. The van der Waals surface area contributed by atoms with Crippen molar-refractivity contribution >= 4 is 39.6 Å². The Labute approximate surface area is 146 Å². The second kappa shape index (κ2) is 7.62. The van der Waals surface area contributed by atoms with Gasteiger partial charge in [-0.25, -0.2) is 9.78 Å². The SMILES string of the molecule is CCCCOn1c(=O)c(C(=O)OCC)c(O)c2c(I)ccnc21. The van der Waals surface area contributed by atoms with E-state index in [1.807, 2.05) is 29.5 Å². The fraction of sp³-hybridized carbons (Fsp3) is 0.400. The lowest BCUT2D eigenvalue weighted by atomic mass is 10.2. The number of rotatable bonds is 6. The van der Waals surface area contributed by atoms with Crippen molar-refractivity contribution in [1.29, 1.82) is 0 Å². The van der Waals surface area contributed by atoms with Crippen LogP contribution in [0.4, 0.5) is 0 Å². The number of ether oxygens (including phenoxy) is 1. The first kappa shape index (κ1) is 17.5. The molecule has 0 aliphatic rings. The molecule has 0 amide bonds. The van der Waals surface area contributed by atoms with Crippen LogP contribution in [0.3, 0.4) is 0 Å². The van der Waals surface area contributed by atoms with Gasteiger partial charge in [0.25, 0.3) is 0 Å². The Hall–Kier alpha value is -1.84. The lowest BCUT2D eigenvalue weighted by Crippen LogP contribution is -2.33. The van der Waals surface area contributed by atoms with Crippen molar-refractivity contribution < 1.29 is 19.5 Å². The van der Waals surface area contributed by atoms with Crippen molar-refractivity contribution in [1.82, 2.24) is 9.71 Å². The van der Waals surface area contributed by atoms with Crippen LogP contribution in [0.5, 0.6) is 5.75 Å². The molecule has 0 radical (unpaired) electrons. The van der Waals surface area contributed by atoms with Gasteiger partial charge in [-0.05, 0) is 42.0 Å². The Balaban J connectivity index is 2.74. The van der Waals surface area contributed by atoms with E-state index < -0.39 is 22.8 Å². The van der Waals surface area contributed by atoms with Gasteiger partial charge in [0, 0.05) is 9.77 Å². The minimum absolute atomic E-state index is 0.0938. The normalized spacial score (nSPS) is 10.7. The smallest absolute Gasteiger partial charge is 0.347 e. The zero-order valence-corrected chi connectivity index (χ0v) is 15.0. The molecule has 0 saturated carbocycles. The van der Waals surface area contributed by atoms with Gasteiger partial charge in [0.15, 0.2) is 11.2 Å². The predicted octanol–water partition coefficient (Wildman–Crippen LogP) is 2.11. The molecule has 0 saturated heterocycles. The Morgan fingerprint density at radius 1 is 1.43 bits per heavy atom. The highest BCUT2D eigenvalue weighted by molar-refractivity contribution is 14.1. The molecule has 0 aliphatic heterocycles. The first-order valence-corrected chi connectivity index (χ1v) is 8.33. The van der Waals surface area contributed by atoms with E-state index in [4.69, 9.17) is 9.57 Å². The van der Waals surface area contributed by atoms with Crippen molar-refractivity contribution in [3.8, 4) is 5.75 Å². The molecule has 1 N–H and O–H groups in total. The summed E-state index contributed by atoms with van der Waals surface area (Å²) < 4.78 is 6.47. The summed E-state index contributed by atoms with van der Waals surface area (Å²) in [7, 11) is 0. The number of pyridine rings is 2. The third-order valence-corrected chi connectivity index (χ3v) is 4.04. The summed E-state index contributed by atoms with van der Waals surface area (Å²) in [5.41, 5.74) is -1.05. The quantitative estimate of drug-likeness (QED) is 0.427. The number of carbonyl (C=O) groups excluding carboxylic acids is 1. The van der Waals surface area contributed by atoms with Crippen LogP contribution in [-0.2, 0) is 4.74 Å². The molecule has 124 valence electrons. The molecule has 2 aromatic heterocycles. The fourth-order valence-electron chi connectivity index (χ4n) is 2.03. The number of halogens is 1. The molecule has 2 aromatic rings. The molecular weight excluding hydrogens is 415 g/mol. The Bertz CT molecular complexity index is 788. The van der Waals surface area contributed by atoms with Gasteiger partial charge in [-0.1, -0.05) is 13.3 Å². The van der Waals surface area contributed by atoms with E-state index in [0.29, 0.717) is 10.2 Å². The van der Waals surface area contributed by atoms with Crippen molar-refractivity contribution in [3.05, 3.63) is 31.8 Å². The van der Waals surface area contributed by atoms with Crippen molar-refractivity contribution in [3.63, 3.8) is 0 Å². The van der Waals surface area contributed by atoms with Crippen LogP contribution in [0.1, 0.15) is 37.0 Å². The monoisotopic (exact) mass is 432 g/mol. The molecule has 0 unspecified atom stereocenters. The van der Waals surface area contributed by atoms with Crippen molar-refractivity contribution in [2.75, 3.05) is 13.2 Å². The summed E-state index contributed by atoms with van der Waals surface area (Å²) in [6.45, 7) is 4.01. The second-order valence-corrected chi connectivity index (χ2v) is 5.88. The van der Waals surface area contributed by atoms with Crippen LogP contribution in [0, 0.1) is 3.57 Å². The maximum Gasteiger partial charge on any atom is 0.347 e. The molecular formula is C15H17IN2O5. The highest BCUT2D eigenvalue weighted by Crippen LogP contribution is 2.29. The van der Waals surface area contributed by atoms with Crippen molar-refractivity contribution in [2.45, 2.75) is 26.7 Å². The van der Waals surface area contributed by atoms with Crippen LogP contribution >= 0.6 is 22.6 Å². The molecule has 2 rings (SSSR count). The number of hydrogen-bond acceptors (Lipinski definition) is 6. The second-order valence-electron chi connectivity index (χ2n) is 4.72. The average molecular weight is 432 g/mol. The van der Waals surface area contributed by atoms with Crippen LogP contribution in [0.2, 0.25) is 0 Å². The van der Waals surface area contributed by atoms with Gasteiger partial charge in [-0.3, -0.25) is 4.79 Å². The molecule has 0 aliphatic carbocycles. The van der Waals surface area contributed by atoms with Gasteiger partial charge in [-0.15, -0.1) is 4.73 Å². The summed E-state index contributed by atoms with van der Waals surface area (Å²) in [6, 6.07) is 1.67. The molecule has 0 spiro atoms. The number of esters is 1. The van der Waals surface area contributed by atoms with Gasteiger partial charge in [0.05, 0.1) is 12.0 Å². The summed E-state index contributed by atoms with van der Waals surface area (Å²) in [5, 5.41) is 10.7. The Kier molecular flexibility index (Phi) is 5.80. The molecule has 0 fully saturated rings. The van der Waals surface area contributed by atoms with Crippen LogP contribution in [0.15, 0.2) is 17.1 Å². The first-order valence-electron chi connectivity index (χ1n) is 7.25. The highest BCUT2D eigenvalue weighted by Gasteiger charge is 2.26. The standard InChI is InChI=1S/C15H17IN2O5/c1-3-5-8-23-18-13-10(9(16)6-7-17-13)12(19)11(14(18)20)15(21)22-4-2/h6-7,19H,3-5,8H2,1-2H3. The van der Waals surface area contributed by atoms with Crippen LogP contribution in [0.25, 0.3) is 11.0 Å². The number of unbranched alkanes of at least 4 members (excludes halogenated alkanes) is 1. The average Bonchev–Trinajstić information content (AvgIpc) is 2.50. The number of aromatic nitrogens is 2. The molecule has 8 heteroatoms. The third kappa shape index (κ3) is 3.41. The zero-order valence-electron chi connectivity index (χ0n) is 12.8. The number of aromatic hydroxyl groups is 1. The Morgan fingerprint density at radius 3 is 2.83 bits per heavy atom. The highest BCUT2D eigenvalue weighted by atomic mass is 127. The summed E-state index contributed by atoms with van der Waals surface area (Å²) >= 11 is 2.00. The molecule has 2 heterocycles. The fourth-order valence-corrected chi connectivity index (χ4v) is 2.69. The lowest BCUT2D eigenvalue weighted by molar-refractivity contribution is 0.0510. The van der Waals surface area contributed by atoms with E-state index >= 15 is 0 Å². The zero-order chi connectivity index (χ0) is 17.0. The van der Waals surface area contributed by atoms with E-state index in [0.717, 1.165) is 17.6 Å². The summed E-state index contributed by atoms with van der Waals surface area (Å²) in [6.07, 6.45) is 3.14. The summed E-state index contributed by atoms with van der Waals surface area (Å²) in [4.78, 5) is 34.2. The van der Waals surface area contributed by atoms with E-state index in [1.165, 1.54) is 6.20 Å². The number of nitrogens with zero attached hydrogens (tertiary/aromatic N) is 2. The van der Waals surface area contributed by atoms with Crippen LogP contribution < -0.4 is 10.4 Å². The van der Waals surface area contributed by atoms with Crippen molar-refractivity contribution in [2.24, 2.45) is 0 Å². The van der Waals surface area contributed by atoms with E-state index in [1.54, 1.807) is 13.0 Å². The minimum atomic E-state index is -0.885. The molecule has 0 atom stereocenters. The number of hydrogen-bond donors (Lipinski definition) is 1. The molecule has 0 bridgehead atoms. The van der Waals surface area contributed by atoms with E-state index in [9.17, 15) is 14.7 Å². The van der Waals surface area contributed by atoms with Gasteiger partial charge in [0.2, 0.25) is 0 Å². The molecule has 23 heavy (non-hydrogen) atoms. The van der Waals surface area contributed by atoms with E-state index in [-0.39, 0.29) is 17.6 Å². The minimum Gasteiger partial charge on any atom is -0.506 e. The Morgan fingerprint density at radius 2 is 2.17 bits per heavy atom. The maximum absolute atomic E-state index is 12.6. The summed E-state index contributed by atoms with van der Waals surface area (Å²) in [5.74, 6) is -1.32. The van der Waals surface area contributed by atoms with Gasteiger partial charge in [0.1, 0.15) is 12.4 Å². The van der Waals surface area contributed by atoms with Gasteiger partial charge >= 0.3 is 11.5 Å². The molecule has 7 nitrogen and oxygen atoms in total. The number of fused-ring (bicyclic) bond motifs is 1. The van der Waals surface area contributed by atoms with Gasteiger partial charge < -0.3 is 14.7 Å². The van der Waals surface area contributed by atoms with Crippen LogP contribution in [-0.4, -0.2) is 34.0 Å². The van der Waals surface area contributed by atoms with Gasteiger partial charge in [-0.2, -0.15) is 0 Å². The molecule has 0 aromatic carbocycles. The maximum atomic E-state index is 12.6. The van der Waals surface area contributed by atoms with E-state index in [2.05, 4.69) is 4.98 Å². The third-order valence-electron chi connectivity index (χ3n) is 3.14.